The second-order valence-electron chi connectivity index (χ2n) is 2.60. The monoisotopic (exact) mass is 183 g/mol. The standard InChI is InChI=1S/C9H14NOP/c1-10-8-4-3-7(6-11-2)9(12)5-8/h3-5,10H,6,12H2,1-2H3. The molecule has 1 atom stereocenters. The Bertz CT molecular complexity index is 263. The highest BCUT2D eigenvalue weighted by Crippen LogP contribution is 2.09. The Morgan fingerprint density at radius 3 is 2.75 bits per heavy atom. The van der Waals surface area contributed by atoms with Crippen molar-refractivity contribution >= 4 is 20.2 Å². The van der Waals surface area contributed by atoms with Crippen LogP contribution in [0.5, 0.6) is 0 Å². The third-order valence-electron chi connectivity index (χ3n) is 1.73. The zero-order valence-corrected chi connectivity index (χ0v) is 8.58. The van der Waals surface area contributed by atoms with Crippen molar-refractivity contribution in [3.63, 3.8) is 0 Å². The lowest BCUT2D eigenvalue weighted by Crippen LogP contribution is -2.04. The molecule has 1 N–H and O–H groups in total. The average Bonchev–Trinajstić information content (AvgIpc) is 2.09. The largest absolute Gasteiger partial charge is 0.388 e. The van der Waals surface area contributed by atoms with Crippen molar-refractivity contribution in [2.45, 2.75) is 6.61 Å². The summed E-state index contributed by atoms with van der Waals surface area (Å²) in [4.78, 5) is 0. The van der Waals surface area contributed by atoms with Crippen molar-refractivity contribution in [3.8, 4) is 0 Å². The number of hydrogen-bond donors (Lipinski definition) is 1. The first-order valence-corrected chi connectivity index (χ1v) is 4.40. The summed E-state index contributed by atoms with van der Waals surface area (Å²) in [6.45, 7) is 0.669. The zero-order valence-electron chi connectivity index (χ0n) is 7.42. The lowest BCUT2D eigenvalue weighted by Gasteiger charge is -2.06. The second kappa shape index (κ2) is 4.44. The second-order valence-corrected chi connectivity index (χ2v) is 3.22. The molecule has 0 bridgehead atoms. The van der Waals surface area contributed by atoms with Crippen molar-refractivity contribution in [2.24, 2.45) is 0 Å². The average molecular weight is 183 g/mol. The summed E-state index contributed by atoms with van der Waals surface area (Å²) in [5, 5.41) is 4.27. The smallest absolute Gasteiger partial charge is 0.0719 e. The number of hydrogen-bond acceptors (Lipinski definition) is 2. The van der Waals surface area contributed by atoms with E-state index in [1.165, 1.54) is 10.9 Å². The lowest BCUT2D eigenvalue weighted by atomic mass is 10.2. The molecule has 1 rings (SSSR count). The van der Waals surface area contributed by atoms with Gasteiger partial charge in [0.1, 0.15) is 0 Å². The van der Waals surface area contributed by atoms with E-state index in [4.69, 9.17) is 4.74 Å². The van der Waals surface area contributed by atoms with Gasteiger partial charge in [-0.1, -0.05) is 6.07 Å². The Morgan fingerprint density at radius 2 is 2.25 bits per heavy atom. The number of anilines is 1. The van der Waals surface area contributed by atoms with E-state index in [0.717, 1.165) is 5.69 Å². The van der Waals surface area contributed by atoms with Crippen molar-refractivity contribution < 1.29 is 4.74 Å². The van der Waals surface area contributed by atoms with Crippen LogP contribution in [-0.2, 0) is 11.3 Å². The molecule has 0 aliphatic rings. The van der Waals surface area contributed by atoms with Crippen LogP contribution < -0.4 is 10.6 Å². The fourth-order valence-corrected chi connectivity index (χ4v) is 1.40. The summed E-state index contributed by atoms with van der Waals surface area (Å²) in [5.74, 6) is 0. The third kappa shape index (κ3) is 2.20. The SMILES string of the molecule is CNc1ccc(COC)c(P)c1. The molecule has 0 aliphatic carbocycles. The minimum absolute atomic E-state index is 0.669. The van der Waals surface area contributed by atoms with Crippen LogP contribution in [0, 0.1) is 0 Å². The van der Waals surface area contributed by atoms with E-state index in [1.807, 2.05) is 13.1 Å². The molecular formula is C9H14NOP. The quantitative estimate of drug-likeness (QED) is 0.715. The van der Waals surface area contributed by atoms with E-state index in [-0.39, 0.29) is 0 Å². The number of ether oxygens (including phenoxy) is 1. The van der Waals surface area contributed by atoms with Crippen LogP contribution in [0.2, 0.25) is 0 Å². The number of rotatable bonds is 3. The van der Waals surface area contributed by atoms with Crippen molar-refractivity contribution in [1.82, 2.24) is 0 Å². The highest BCUT2D eigenvalue weighted by Gasteiger charge is 1.97. The first-order valence-electron chi connectivity index (χ1n) is 3.83. The van der Waals surface area contributed by atoms with Crippen LogP contribution in [0.25, 0.3) is 0 Å². The minimum Gasteiger partial charge on any atom is -0.388 e. The molecule has 1 unspecified atom stereocenters. The van der Waals surface area contributed by atoms with Crippen molar-refractivity contribution in [3.05, 3.63) is 23.8 Å². The fourth-order valence-electron chi connectivity index (χ4n) is 1.04. The highest BCUT2D eigenvalue weighted by atomic mass is 31.0. The van der Waals surface area contributed by atoms with Crippen LogP contribution in [0.4, 0.5) is 5.69 Å². The normalized spacial score (nSPS) is 9.92. The maximum absolute atomic E-state index is 5.05. The first-order chi connectivity index (χ1) is 5.77. The first kappa shape index (κ1) is 9.50. The molecule has 0 aromatic heterocycles. The van der Waals surface area contributed by atoms with Gasteiger partial charge in [0.25, 0.3) is 0 Å². The number of nitrogens with one attached hydrogen (secondary N) is 1. The molecule has 0 saturated carbocycles. The van der Waals surface area contributed by atoms with Crippen molar-refractivity contribution in [1.29, 1.82) is 0 Å². The molecule has 3 heteroatoms. The van der Waals surface area contributed by atoms with Crippen LogP contribution in [0.3, 0.4) is 0 Å². The van der Waals surface area contributed by atoms with Gasteiger partial charge in [0, 0.05) is 19.8 Å². The summed E-state index contributed by atoms with van der Waals surface area (Å²) in [7, 11) is 6.32. The van der Waals surface area contributed by atoms with Gasteiger partial charge in [-0.25, -0.2) is 0 Å². The zero-order chi connectivity index (χ0) is 8.97. The number of benzene rings is 1. The topological polar surface area (TPSA) is 21.3 Å². The van der Waals surface area contributed by atoms with E-state index >= 15 is 0 Å². The summed E-state index contributed by atoms with van der Waals surface area (Å²) in [6.07, 6.45) is 0. The van der Waals surface area contributed by atoms with E-state index in [0.29, 0.717) is 6.61 Å². The summed E-state index contributed by atoms with van der Waals surface area (Å²) >= 11 is 0. The molecule has 0 amide bonds. The highest BCUT2D eigenvalue weighted by molar-refractivity contribution is 7.27. The van der Waals surface area contributed by atoms with Gasteiger partial charge in [0.05, 0.1) is 6.61 Å². The van der Waals surface area contributed by atoms with E-state index in [1.54, 1.807) is 7.11 Å². The van der Waals surface area contributed by atoms with E-state index in [2.05, 4.69) is 26.7 Å². The molecule has 0 saturated heterocycles. The third-order valence-corrected chi connectivity index (χ3v) is 2.27. The predicted octanol–water partition coefficient (Wildman–Crippen LogP) is 1.38. The van der Waals surface area contributed by atoms with E-state index in [9.17, 15) is 0 Å². The molecule has 0 fully saturated rings. The van der Waals surface area contributed by atoms with Gasteiger partial charge in [-0.15, -0.1) is 9.24 Å². The summed E-state index contributed by atoms with van der Waals surface area (Å²) in [6, 6.07) is 6.19. The molecule has 0 aliphatic heterocycles. The van der Waals surface area contributed by atoms with Gasteiger partial charge < -0.3 is 10.1 Å². The van der Waals surface area contributed by atoms with Gasteiger partial charge in [0.15, 0.2) is 0 Å². The van der Waals surface area contributed by atoms with Crippen molar-refractivity contribution in [2.75, 3.05) is 19.5 Å². The Balaban J connectivity index is 2.87. The Hall–Kier alpha value is -0.590. The van der Waals surface area contributed by atoms with Gasteiger partial charge >= 0.3 is 0 Å². The predicted molar refractivity (Wildman–Crippen MR) is 56.0 cm³/mol. The molecule has 66 valence electrons. The van der Waals surface area contributed by atoms with Gasteiger partial charge in [-0.2, -0.15) is 0 Å². The van der Waals surface area contributed by atoms with Gasteiger partial charge in [-0.05, 0) is 23.0 Å². The number of methoxy groups -OCH3 is 1. The molecule has 0 heterocycles. The summed E-state index contributed by atoms with van der Waals surface area (Å²) in [5.41, 5.74) is 2.33. The lowest BCUT2D eigenvalue weighted by molar-refractivity contribution is 0.185. The molecule has 12 heavy (non-hydrogen) atoms. The Kier molecular flexibility index (Phi) is 3.51. The molecule has 0 spiro atoms. The molecule has 1 aromatic rings. The Morgan fingerprint density at radius 1 is 1.50 bits per heavy atom. The van der Waals surface area contributed by atoms with Crippen LogP contribution in [-0.4, -0.2) is 14.2 Å². The van der Waals surface area contributed by atoms with Gasteiger partial charge in [0.2, 0.25) is 0 Å². The molecule has 2 nitrogen and oxygen atoms in total. The fraction of sp³-hybridized carbons (Fsp3) is 0.333. The molecule has 0 radical (unpaired) electrons. The van der Waals surface area contributed by atoms with E-state index < -0.39 is 0 Å². The maximum atomic E-state index is 5.05. The summed E-state index contributed by atoms with van der Waals surface area (Å²) < 4.78 is 5.05. The minimum atomic E-state index is 0.669. The maximum Gasteiger partial charge on any atom is 0.0719 e. The molecule has 1 aromatic carbocycles. The Labute approximate surface area is 75.5 Å². The van der Waals surface area contributed by atoms with Crippen LogP contribution in [0.1, 0.15) is 5.56 Å². The molecular weight excluding hydrogens is 169 g/mol. The van der Waals surface area contributed by atoms with Gasteiger partial charge in [-0.3, -0.25) is 0 Å². The van der Waals surface area contributed by atoms with Crippen LogP contribution >= 0.6 is 9.24 Å². The van der Waals surface area contributed by atoms with Crippen LogP contribution in [0.15, 0.2) is 18.2 Å².